The summed E-state index contributed by atoms with van der Waals surface area (Å²) >= 11 is 1.57. The number of nitrogens with zero attached hydrogens (tertiary/aromatic N) is 3. The molecule has 1 aliphatic heterocycles. The van der Waals surface area contributed by atoms with Crippen LogP contribution in [0.25, 0.3) is 10.7 Å². The molecule has 1 N–H and O–H groups in total. The molecule has 2 atom stereocenters. The second-order valence-electron chi connectivity index (χ2n) is 6.65. The van der Waals surface area contributed by atoms with Gasteiger partial charge >= 0.3 is 5.97 Å². The van der Waals surface area contributed by atoms with Gasteiger partial charge in [0.2, 0.25) is 5.95 Å². The molecular formula is C20H20N4O2S. The number of fused-ring (bicyclic) bond motifs is 1. The van der Waals surface area contributed by atoms with Crippen LogP contribution in [0, 0.1) is 5.92 Å². The lowest BCUT2D eigenvalue weighted by atomic mass is 9.89. The Morgan fingerprint density at radius 1 is 1.26 bits per heavy atom. The molecule has 0 aliphatic carbocycles. The van der Waals surface area contributed by atoms with Crippen molar-refractivity contribution in [1.82, 2.24) is 14.8 Å². The molecule has 27 heavy (non-hydrogen) atoms. The molecule has 0 radical (unpaired) electrons. The number of hydrogen-bond donors (Lipinski definition) is 1. The first kappa shape index (κ1) is 17.5. The number of esters is 1. The highest BCUT2D eigenvalue weighted by Gasteiger charge is 2.41. The van der Waals surface area contributed by atoms with Crippen LogP contribution >= 0.6 is 11.3 Å². The summed E-state index contributed by atoms with van der Waals surface area (Å²) < 4.78 is 7.28. The summed E-state index contributed by atoms with van der Waals surface area (Å²) in [6, 6.07) is 13.4. The van der Waals surface area contributed by atoms with Gasteiger partial charge in [-0.3, -0.25) is 4.79 Å². The van der Waals surface area contributed by atoms with Gasteiger partial charge in [-0.25, -0.2) is 4.68 Å². The predicted molar refractivity (Wildman–Crippen MR) is 105 cm³/mol. The zero-order valence-electron chi connectivity index (χ0n) is 15.1. The summed E-state index contributed by atoms with van der Waals surface area (Å²) in [7, 11) is 0. The van der Waals surface area contributed by atoms with Gasteiger partial charge in [0.05, 0.1) is 17.0 Å². The molecule has 138 valence electrons. The lowest BCUT2D eigenvalue weighted by Gasteiger charge is -2.33. The highest BCUT2D eigenvalue weighted by Crippen LogP contribution is 2.39. The number of nitrogens with one attached hydrogen (secondary N) is 1. The van der Waals surface area contributed by atoms with Crippen LogP contribution in [0.15, 0.2) is 60.1 Å². The highest BCUT2D eigenvalue weighted by molar-refractivity contribution is 7.13. The Bertz CT molecular complexity index is 963. The molecular weight excluding hydrogens is 360 g/mol. The van der Waals surface area contributed by atoms with Crippen LogP contribution in [0.1, 0.15) is 25.5 Å². The number of aromatic nitrogens is 3. The monoisotopic (exact) mass is 380 g/mol. The van der Waals surface area contributed by atoms with E-state index in [9.17, 15) is 4.79 Å². The number of carbonyl (C=O) groups is 1. The maximum absolute atomic E-state index is 12.9. The molecule has 2 aromatic heterocycles. The minimum absolute atomic E-state index is 0.208. The third-order valence-electron chi connectivity index (χ3n) is 4.35. The van der Waals surface area contributed by atoms with Crippen molar-refractivity contribution in [3.8, 4) is 10.7 Å². The predicted octanol–water partition coefficient (Wildman–Crippen LogP) is 4.10. The Balaban J connectivity index is 1.83. The molecule has 0 spiro atoms. The number of benzene rings is 1. The van der Waals surface area contributed by atoms with Crippen LogP contribution in [0.4, 0.5) is 5.95 Å². The van der Waals surface area contributed by atoms with Gasteiger partial charge in [-0.1, -0.05) is 43.0 Å². The lowest BCUT2D eigenvalue weighted by Crippen LogP contribution is -2.38. The van der Waals surface area contributed by atoms with Gasteiger partial charge in [-0.2, -0.15) is 4.98 Å². The maximum atomic E-state index is 12.9. The molecule has 7 heteroatoms. The third-order valence-corrected chi connectivity index (χ3v) is 5.21. The summed E-state index contributed by atoms with van der Waals surface area (Å²) in [5.41, 5.74) is 1.52. The average molecular weight is 380 g/mol. The van der Waals surface area contributed by atoms with Gasteiger partial charge in [0.15, 0.2) is 5.82 Å². The molecule has 3 heterocycles. The fourth-order valence-electron chi connectivity index (χ4n) is 3.23. The van der Waals surface area contributed by atoms with Crippen LogP contribution in [0.3, 0.4) is 0 Å². The quantitative estimate of drug-likeness (QED) is 0.690. The second-order valence-corrected chi connectivity index (χ2v) is 7.60. The van der Waals surface area contributed by atoms with Crippen LogP contribution in [-0.4, -0.2) is 26.8 Å². The number of carbonyl (C=O) groups excluding carboxylic acids is 1. The first-order valence-corrected chi connectivity index (χ1v) is 9.64. The number of hydrogen-bond acceptors (Lipinski definition) is 6. The van der Waals surface area contributed by atoms with Crippen molar-refractivity contribution in [2.75, 3.05) is 5.32 Å². The average Bonchev–Trinajstić information content (AvgIpc) is 3.29. The zero-order chi connectivity index (χ0) is 19.0. The highest BCUT2D eigenvalue weighted by atomic mass is 32.1. The Morgan fingerprint density at radius 2 is 2.04 bits per heavy atom. The fourth-order valence-corrected chi connectivity index (χ4v) is 3.88. The zero-order valence-corrected chi connectivity index (χ0v) is 15.9. The van der Waals surface area contributed by atoms with E-state index >= 15 is 0 Å². The van der Waals surface area contributed by atoms with Crippen molar-refractivity contribution in [3.63, 3.8) is 0 Å². The van der Waals surface area contributed by atoms with E-state index in [0.717, 1.165) is 10.4 Å². The van der Waals surface area contributed by atoms with E-state index in [-0.39, 0.29) is 18.1 Å². The molecule has 0 unspecified atom stereocenters. The third kappa shape index (κ3) is 3.26. The molecule has 1 aromatic carbocycles. The Kier molecular flexibility index (Phi) is 4.53. The summed E-state index contributed by atoms with van der Waals surface area (Å²) in [6.07, 6.45) is -0.208. The normalized spacial score (nSPS) is 18.9. The summed E-state index contributed by atoms with van der Waals surface area (Å²) in [6.45, 7) is 7.76. The Morgan fingerprint density at radius 3 is 2.70 bits per heavy atom. The summed E-state index contributed by atoms with van der Waals surface area (Å²) in [4.78, 5) is 18.4. The van der Waals surface area contributed by atoms with E-state index in [1.807, 2.05) is 61.7 Å². The second kappa shape index (κ2) is 7.00. The van der Waals surface area contributed by atoms with Crippen molar-refractivity contribution in [2.24, 2.45) is 5.92 Å². The van der Waals surface area contributed by atoms with Gasteiger partial charge in [-0.15, -0.1) is 16.4 Å². The van der Waals surface area contributed by atoms with E-state index in [0.29, 0.717) is 17.5 Å². The SMILES string of the molecule is C=C1Nc2nc(-c3cccs3)nn2[C@@H](c2ccccc2)[C@@H]1C(=O)OC(C)C. The number of anilines is 1. The largest absolute Gasteiger partial charge is 0.462 e. The van der Waals surface area contributed by atoms with Crippen molar-refractivity contribution in [3.05, 3.63) is 65.7 Å². The molecule has 0 bridgehead atoms. The minimum atomic E-state index is -0.597. The Hall–Kier alpha value is -2.93. The van der Waals surface area contributed by atoms with E-state index in [1.165, 1.54) is 0 Å². The first-order valence-electron chi connectivity index (χ1n) is 8.76. The van der Waals surface area contributed by atoms with E-state index in [2.05, 4.69) is 16.9 Å². The molecule has 0 amide bonds. The standard InChI is InChI=1S/C20H20N4O2S/c1-12(2)26-19(25)16-13(3)21-20-22-18(15-10-7-11-27-15)23-24(20)17(16)14-8-5-4-6-9-14/h4-12,16-17H,3H2,1-2H3,(H,21,22,23)/t16-,17+/m1/s1. The van der Waals surface area contributed by atoms with Gasteiger partial charge < -0.3 is 10.1 Å². The van der Waals surface area contributed by atoms with E-state index in [4.69, 9.17) is 9.84 Å². The molecule has 6 nitrogen and oxygen atoms in total. The van der Waals surface area contributed by atoms with Gasteiger partial charge in [0.25, 0.3) is 0 Å². The molecule has 0 saturated carbocycles. The van der Waals surface area contributed by atoms with Crippen LogP contribution in [0.5, 0.6) is 0 Å². The molecule has 3 aromatic rings. The Labute approximate surface area is 161 Å². The van der Waals surface area contributed by atoms with Crippen molar-refractivity contribution >= 4 is 23.3 Å². The number of thiophene rings is 1. The minimum Gasteiger partial charge on any atom is -0.462 e. The van der Waals surface area contributed by atoms with E-state index < -0.39 is 5.92 Å². The molecule has 1 aliphatic rings. The summed E-state index contributed by atoms with van der Waals surface area (Å²) in [5, 5.41) is 9.83. The van der Waals surface area contributed by atoms with Crippen LogP contribution in [-0.2, 0) is 9.53 Å². The first-order chi connectivity index (χ1) is 13.0. The lowest BCUT2D eigenvalue weighted by molar-refractivity contribution is -0.152. The fraction of sp³-hybridized carbons (Fsp3) is 0.250. The smallest absolute Gasteiger partial charge is 0.317 e. The van der Waals surface area contributed by atoms with Gasteiger partial charge in [0, 0.05) is 5.70 Å². The van der Waals surface area contributed by atoms with Gasteiger partial charge in [0.1, 0.15) is 5.92 Å². The van der Waals surface area contributed by atoms with Crippen molar-refractivity contribution in [1.29, 1.82) is 0 Å². The topological polar surface area (TPSA) is 69.0 Å². The molecule has 0 fully saturated rings. The van der Waals surface area contributed by atoms with Gasteiger partial charge in [-0.05, 0) is 30.9 Å². The van der Waals surface area contributed by atoms with Crippen LogP contribution in [0.2, 0.25) is 0 Å². The maximum Gasteiger partial charge on any atom is 0.317 e. The number of rotatable bonds is 4. The van der Waals surface area contributed by atoms with Crippen molar-refractivity contribution < 1.29 is 9.53 Å². The van der Waals surface area contributed by atoms with E-state index in [1.54, 1.807) is 16.0 Å². The molecule has 0 saturated heterocycles. The summed E-state index contributed by atoms with van der Waals surface area (Å²) in [5.74, 6) is 0.278. The molecule has 4 rings (SSSR count). The number of ether oxygens (including phenoxy) is 1. The van der Waals surface area contributed by atoms with Crippen LogP contribution < -0.4 is 5.32 Å². The van der Waals surface area contributed by atoms with Crippen molar-refractivity contribution in [2.45, 2.75) is 26.0 Å².